The minimum Gasteiger partial charge on any atom is -0.373 e. The fourth-order valence-corrected chi connectivity index (χ4v) is 5.72. The second-order valence-electron chi connectivity index (χ2n) is 10.3. The van der Waals surface area contributed by atoms with Crippen LogP contribution in [0.1, 0.15) is 45.1 Å². The van der Waals surface area contributed by atoms with Crippen LogP contribution in [0.5, 0.6) is 0 Å². The Morgan fingerprint density at radius 1 is 1.14 bits per heavy atom. The largest absolute Gasteiger partial charge is 0.373 e. The smallest absolute Gasteiger partial charge is 0.256 e. The van der Waals surface area contributed by atoms with Gasteiger partial charge in [-0.15, -0.1) is 0 Å². The van der Waals surface area contributed by atoms with E-state index >= 15 is 0 Å². The summed E-state index contributed by atoms with van der Waals surface area (Å²) in [5.41, 5.74) is 3.86. The van der Waals surface area contributed by atoms with E-state index in [1.165, 1.54) is 0 Å². The molecule has 1 aromatic heterocycles. The van der Waals surface area contributed by atoms with Crippen LogP contribution in [-0.4, -0.2) is 61.1 Å². The molecule has 4 aliphatic rings. The van der Waals surface area contributed by atoms with Crippen LogP contribution in [0.2, 0.25) is 0 Å². The molecule has 4 aliphatic heterocycles. The molecule has 8 heteroatoms. The molecule has 0 aliphatic carbocycles. The number of amides is 1. The highest BCUT2D eigenvalue weighted by Gasteiger charge is 2.36. The number of nitrogens with zero attached hydrogens (tertiary/aromatic N) is 3. The van der Waals surface area contributed by atoms with E-state index in [4.69, 9.17) is 14.2 Å². The zero-order valence-electron chi connectivity index (χ0n) is 20.5. The minimum absolute atomic E-state index is 0.00746. The van der Waals surface area contributed by atoms with Crippen LogP contribution in [0.15, 0.2) is 36.5 Å². The maximum atomic E-state index is 13.9. The second kappa shape index (κ2) is 9.41. The summed E-state index contributed by atoms with van der Waals surface area (Å²) < 4.78 is 18.0. The molecule has 186 valence electrons. The van der Waals surface area contributed by atoms with E-state index in [1.807, 2.05) is 30.9 Å². The first-order valence-electron chi connectivity index (χ1n) is 12.9. The Labute approximate surface area is 206 Å². The molecule has 5 heterocycles. The number of anilines is 4. The molecule has 1 amide bonds. The van der Waals surface area contributed by atoms with E-state index in [0.717, 1.165) is 60.8 Å². The molecule has 2 aromatic rings. The van der Waals surface area contributed by atoms with Gasteiger partial charge in [0.1, 0.15) is 11.9 Å². The van der Waals surface area contributed by atoms with Gasteiger partial charge in [-0.05, 0) is 63.8 Å². The summed E-state index contributed by atoms with van der Waals surface area (Å²) in [6.07, 6.45) is 5.82. The lowest BCUT2D eigenvalue weighted by atomic mass is 10.0. The van der Waals surface area contributed by atoms with Gasteiger partial charge in [0.15, 0.2) is 0 Å². The summed E-state index contributed by atoms with van der Waals surface area (Å²) in [5.74, 6) is 0.781. The molecule has 0 radical (unpaired) electrons. The zero-order chi connectivity index (χ0) is 23.9. The number of carbonyl (C=O) groups is 1. The molecule has 0 spiro atoms. The van der Waals surface area contributed by atoms with Crippen molar-refractivity contribution in [1.29, 1.82) is 0 Å². The van der Waals surface area contributed by atoms with Gasteiger partial charge >= 0.3 is 0 Å². The van der Waals surface area contributed by atoms with Gasteiger partial charge in [0.25, 0.3) is 5.91 Å². The number of aromatic nitrogens is 1. The fraction of sp³-hybridized carbons (Fsp3) is 0.556. The molecule has 4 atom stereocenters. The Hall–Kier alpha value is -2.68. The fourth-order valence-electron chi connectivity index (χ4n) is 5.72. The summed E-state index contributed by atoms with van der Waals surface area (Å²) in [7, 11) is 0. The molecular weight excluding hydrogens is 444 g/mol. The lowest BCUT2D eigenvalue weighted by molar-refractivity contribution is -0.143. The molecule has 1 N–H and O–H groups in total. The molecule has 3 fully saturated rings. The summed E-state index contributed by atoms with van der Waals surface area (Å²) in [6, 6.07) is 10.3. The van der Waals surface area contributed by atoms with E-state index in [0.29, 0.717) is 31.8 Å². The van der Waals surface area contributed by atoms with Crippen molar-refractivity contribution in [3.05, 3.63) is 42.1 Å². The van der Waals surface area contributed by atoms with Gasteiger partial charge in [-0.1, -0.05) is 6.07 Å². The highest BCUT2D eigenvalue weighted by molar-refractivity contribution is 6.01. The van der Waals surface area contributed by atoms with Crippen molar-refractivity contribution in [1.82, 2.24) is 4.98 Å². The maximum absolute atomic E-state index is 13.9. The Kier molecular flexibility index (Phi) is 6.12. The Morgan fingerprint density at radius 3 is 2.71 bits per heavy atom. The van der Waals surface area contributed by atoms with Crippen LogP contribution >= 0.6 is 0 Å². The summed E-state index contributed by atoms with van der Waals surface area (Å²) in [6.45, 7) is 6.74. The molecule has 0 saturated carbocycles. The molecular formula is C27H34N4O4. The third-order valence-corrected chi connectivity index (χ3v) is 7.39. The van der Waals surface area contributed by atoms with Crippen molar-refractivity contribution < 1.29 is 19.0 Å². The van der Waals surface area contributed by atoms with E-state index < -0.39 is 6.10 Å². The van der Waals surface area contributed by atoms with Crippen molar-refractivity contribution >= 4 is 28.8 Å². The normalized spacial score (nSPS) is 27.7. The van der Waals surface area contributed by atoms with Crippen LogP contribution in [0.4, 0.5) is 22.9 Å². The number of nitrogens with one attached hydrogen (secondary N) is 1. The van der Waals surface area contributed by atoms with Crippen molar-refractivity contribution in [3.63, 3.8) is 0 Å². The van der Waals surface area contributed by atoms with E-state index in [1.54, 1.807) is 6.20 Å². The topological polar surface area (TPSA) is 76.2 Å². The molecule has 35 heavy (non-hydrogen) atoms. The molecule has 2 bridgehead atoms. The Balaban J connectivity index is 1.29. The summed E-state index contributed by atoms with van der Waals surface area (Å²) >= 11 is 0. The SMILES string of the molecule is CC(C)O[C@H]1CC[C@H](C(=O)N2Cc3cccnc3Nc3ccc(N4CC5CCC(C4)O5)cc32)OC1. The third-order valence-electron chi connectivity index (χ3n) is 7.39. The van der Waals surface area contributed by atoms with Gasteiger partial charge in [-0.25, -0.2) is 4.98 Å². The first kappa shape index (κ1) is 22.8. The van der Waals surface area contributed by atoms with Gasteiger partial charge in [-0.2, -0.15) is 0 Å². The predicted octanol–water partition coefficient (Wildman–Crippen LogP) is 4.01. The van der Waals surface area contributed by atoms with E-state index in [2.05, 4.69) is 33.4 Å². The van der Waals surface area contributed by atoms with E-state index in [-0.39, 0.29) is 18.1 Å². The number of benzene rings is 1. The molecule has 8 nitrogen and oxygen atoms in total. The lowest BCUT2D eigenvalue weighted by Gasteiger charge is -2.35. The highest BCUT2D eigenvalue weighted by Crippen LogP contribution is 2.40. The van der Waals surface area contributed by atoms with Crippen molar-refractivity contribution in [2.24, 2.45) is 0 Å². The number of ether oxygens (including phenoxy) is 3. The number of rotatable bonds is 4. The number of carbonyl (C=O) groups excluding carboxylic acids is 1. The Morgan fingerprint density at radius 2 is 1.97 bits per heavy atom. The monoisotopic (exact) mass is 478 g/mol. The number of hydrogen-bond donors (Lipinski definition) is 1. The maximum Gasteiger partial charge on any atom is 0.256 e. The average molecular weight is 479 g/mol. The standard InChI is InChI=1S/C27H34N4O4/c1-17(2)34-22-8-10-25(33-16-22)27(32)31-13-18-4-3-11-28-26(18)29-23-9-5-19(12-24(23)31)30-14-20-6-7-21(15-30)35-20/h3-5,9,11-12,17,20-22,25H,6-8,10,13-16H2,1-2H3,(H,28,29)/t20?,21?,22-,25+/m0/s1. The second-order valence-corrected chi connectivity index (χ2v) is 10.3. The number of fused-ring (bicyclic) bond motifs is 4. The number of hydrogen-bond acceptors (Lipinski definition) is 7. The molecule has 3 saturated heterocycles. The number of morpholine rings is 1. The first-order valence-corrected chi connectivity index (χ1v) is 12.9. The van der Waals surface area contributed by atoms with Gasteiger partial charge in [-0.3, -0.25) is 4.79 Å². The van der Waals surface area contributed by atoms with Crippen LogP contribution in [0.3, 0.4) is 0 Å². The molecule has 6 rings (SSSR count). The van der Waals surface area contributed by atoms with Crippen LogP contribution in [0.25, 0.3) is 0 Å². The number of pyridine rings is 1. The van der Waals surface area contributed by atoms with Crippen molar-refractivity contribution in [3.8, 4) is 0 Å². The summed E-state index contributed by atoms with van der Waals surface area (Å²) in [4.78, 5) is 22.7. The average Bonchev–Trinajstić information content (AvgIpc) is 3.11. The van der Waals surface area contributed by atoms with Crippen LogP contribution in [-0.2, 0) is 25.5 Å². The third kappa shape index (κ3) is 4.62. The van der Waals surface area contributed by atoms with Crippen LogP contribution in [0, 0.1) is 0 Å². The minimum atomic E-state index is -0.476. The van der Waals surface area contributed by atoms with Gasteiger partial charge < -0.3 is 29.3 Å². The van der Waals surface area contributed by atoms with Crippen LogP contribution < -0.4 is 15.1 Å². The molecule has 2 unspecified atom stereocenters. The molecule has 1 aromatic carbocycles. The zero-order valence-corrected chi connectivity index (χ0v) is 20.5. The first-order chi connectivity index (χ1) is 17.0. The quantitative estimate of drug-likeness (QED) is 0.712. The Bertz CT molecular complexity index is 1070. The lowest BCUT2D eigenvalue weighted by Crippen LogP contribution is -2.45. The van der Waals surface area contributed by atoms with Crippen molar-refractivity contribution in [2.75, 3.05) is 34.8 Å². The van der Waals surface area contributed by atoms with Crippen molar-refractivity contribution in [2.45, 2.75) is 76.6 Å². The van der Waals surface area contributed by atoms with Gasteiger partial charge in [0.05, 0.1) is 48.9 Å². The summed E-state index contributed by atoms with van der Waals surface area (Å²) in [5, 5.41) is 3.47. The van der Waals surface area contributed by atoms with Gasteiger partial charge in [0, 0.05) is 30.5 Å². The highest BCUT2D eigenvalue weighted by atomic mass is 16.5. The predicted molar refractivity (Wildman–Crippen MR) is 134 cm³/mol. The van der Waals surface area contributed by atoms with E-state index in [9.17, 15) is 4.79 Å². The van der Waals surface area contributed by atoms with Gasteiger partial charge in [0.2, 0.25) is 0 Å².